The molecule has 18 heavy (non-hydrogen) atoms. The Balaban J connectivity index is 2.66. The van der Waals surface area contributed by atoms with Crippen LogP contribution in [0.25, 0.3) is 5.70 Å². The normalized spacial score (nSPS) is 11.7. The minimum absolute atomic E-state index is 0.296. The summed E-state index contributed by atoms with van der Waals surface area (Å²) in [6.07, 6.45) is 0.506. The van der Waals surface area contributed by atoms with Crippen LogP contribution in [0.15, 0.2) is 36.9 Å². The number of alkyl halides is 1. The van der Waals surface area contributed by atoms with Crippen LogP contribution in [0.3, 0.4) is 0 Å². The molecule has 4 heteroatoms. The maximum absolute atomic E-state index is 11.7. The maximum atomic E-state index is 11.7. The second-order valence-corrected chi connectivity index (χ2v) is 4.15. The molecule has 1 N–H and O–H groups in total. The lowest BCUT2D eigenvalue weighted by molar-refractivity contribution is -0.145. The van der Waals surface area contributed by atoms with Crippen LogP contribution in [0.5, 0.6) is 0 Å². The van der Waals surface area contributed by atoms with Gasteiger partial charge in [0.05, 0.1) is 6.61 Å². The number of carbonyl (C=O) groups excluding carboxylic acids is 1. The molecule has 1 atom stereocenters. The molecule has 0 aromatic heterocycles. The zero-order chi connectivity index (χ0) is 13.4. The van der Waals surface area contributed by atoms with Crippen LogP contribution in [0.1, 0.15) is 18.9 Å². The van der Waals surface area contributed by atoms with E-state index in [4.69, 9.17) is 16.3 Å². The first-order valence-corrected chi connectivity index (χ1v) is 6.46. The van der Waals surface area contributed by atoms with Crippen molar-refractivity contribution < 1.29 is 9.53 Å². The molecule has 3 nitrogen and oxygen atoms in total. The molecule has 0 amide bonds. The molecule has 1 aromatic rings. The predicted molar refractivity (Wildman–Crippen MR) is 74.4 cm³/mol. The summed E-state index contributed by atoms with van der Waals surface area (Å²) >= 11 is 5.69. The van der Waals surface area contributed by atoms with Crippen molar-refractivity contribution in [3.8, 4) is 0 Å². The zero-order valence-corrected chi connectivity index (χ0v) is 11.2. The molecule has 0 aliphatic heterocycles. The van der Waals surface area contributed by atoms with Crippen molar-refractivity contribution in [3.63, 3.8) is 0 Å². The Kier molecular flexibility index (Phi) is 6.29. The smallest absolute Gasteiger partial charge is 0.328 e. The minimum Gasteiger partial charge on any atom is -0.464 e. The Morgan fingerprint density at radius 2 is 2.11 bits per heavy atom. The summed E-state index contributed by atoms with van der Waals surface area (Å²) in [5.74, 6) is 0.0914. The molecule has 98 valence electrons. The highest BCUT2D eigenvalue weighted by Gasteiger charge is 2.19. The van der Waals surface area contributed by atoms with E-state index < -0.39 is 6.04 Å². The first kappa shape index (κ1) is 14.6. The van der Waals surface area contributed by atoms with E-state index in [-0.39, 0.29) is 5.97 Å². The fourth-order valence-electron chi connectivity index (χ4n) is 1.53. The maximum Gasteiger partial charge on any atom is 0.328 e. The van der Waals surface area contributed by atoms with Gasteiger partial charge in [0.1, 0.15) is 6.04 Å². The summed E-state index contributed by atoms with van der Waals surface area (Å²) in [5.41, 5.74) is 1.64. The van der Waals surface area contributed by atoms with Gasteiger partial charge in [0.25, 0.3) is 0 Å². The van der Waals surface area contributed by atoms with Gasteiger partial charge in [-0.05, 0) is 18.9 Å². The van der Waals surface area contributed by atoms with E-state index in [0.29, 0.717) is 24.6 Å². The number of ether oxygens (including phenoxy) is 1. The van der Waals surface area contributed by atoms with Gasteiger partial charge in [-0.2, -0.15) is 0 Å². The molecule has 0 radical (unpaired) electrons. The van der Waals surface area contributed by atoms with E-state index in [1.165, 1.54) is 0 Å². The quantitative estimate of drug-likeness (QED) is 0.610. The molecular formula is C14H18ClNO2. The summed E-state index contributed by atoms with van der Waals surface area (Å²) in [5, 5.41) is 3.07. The molecule has 0 spiro atoms. The van der Waals surface area contributed by atoms with Gasteiger partial charge in [-0.3, -0.25) is 0 Å². The van der Waals surface area contributed by atoms with Gasteiger partial charge in [0, 0.05) is 11.6 Å². The summed E-state index contributed by atoms with van der Waals surface area (Å²) in [6.45, 7) is 6.07. The first-order chi connectivity index (χ1) is 8.69. The lowest BCUT2D eigenvalue weighted by Crippen LogP contribution is -2.37. The van der Waals surface area contributed by atoms with Crippen LogP contribution >= 0.6 is 11.6 Å². The van der Waals surface area contributed by atoms with Gasteiger partial charge in [0.2, 0.25) is 0 Å². The second-order valence-electron chi connectivity index (χ2n) is 3.77. The number of nitrogens with one attached hydrogen (secondary N) is 1. The fraction of sp³-hybridized carbons (Fsp3) is 0.357. The van der Waals surface area contributed by atoms with Crippen molar-refractivity contribution in [1.29, 1.82) is 0 Å². The number of hydrogen-bond acceptors (Lipinski definition) is 3. The van der Waals surface area contributed by atoms with Gasteiger partial charge >= 0.3 is 5.97 Å². The standard InChI is InChI=1S/C14H18ClNO2/c1-3-18-14(17)13(9-10-15)16-11(2)12-7-5-4-6-8-12/h4-8,13,16H,2-3,9-10H2,1H3. The summed E-state index contributed by atoms with van der Waals surface area (Å²) in [6, 6.07) is 9.18. The Labute approximate surface area is 113 Å². The molecule has 1 rings (SSSR count). The largest absolute Gasteiger partial charge is 0.464 e. The molecule has 0 fully saturated rings. The molecule has 0 saturated heterocycles. The highest BCUT2D eigenvalue weighted by Crippen LogP contribution is 2.11. The Hall–Kier alpha value is -1.48. The third kappa shape index (κ3) is 4.41. The van der Waals surface area contributed by atoms with Gasteiger partial charge in [-0.25, -0.2) is 4.79 Å². The SMILES string of the molecule is C=C(NC(CCCl)C(=O)OCC)c1ccccc1. The second kappa shape index (κ2) is 7.77. The highest BCUT2D eigenvalue weighted by atomic mass is 35.5. The lowest BCUT2D eigenvalue weighted by atomic mass is 10.1. The van der Waals surface area contributed by atoms with E-state index in [1.807, 2.05) is 30.3 Å². The van der Waals surface area contributed by atoms with E-state index in [2.05, 4.69) is 11.9 Å². The molecule has 1 aromatic carbocycles. The van der Waals surface area contributed by atoms with Gasteiger partial charge in [-0.1, -0.05) is 36.9 Å². The molecule has 1 unspecified atom stereocenters. The van der Waals surface area contributed by atoms with Crippen molar-refractivity contribution >= 4 is 23.3 Å². The molecule has 0 bridgehead atoms. The number of hydrogen-bond donors (Lipinski definition) is 1. The number of esters is 1. The van der Waals surface area contributed by atoms with Crippen molar-refractivity contribution in [2.24, 2.45) is 0 Å². The van der Waals surface area contributed by atoms with Crippen molar-refractivity contribution in [1.82, 2.24) is 5.32 Å². The average molecular weight is 268 g/mol. The summed E-state index contributed by atoms with van der Waals surface area (Å²) in [4.78, 5) is 11.7. The van der Waals surface area contributed by atoms with E-state index in [1.54, 1.807) is 6.92 Å². The Morgan fingerprint density at radius 1 is 1.44 bits per heavy atom. The number of halogens is 1. The van der Waals surface area contributed by atoms with Crippen LogP contribution in [0.4, 0.5) is 0 Å². The first-order valence-electron chi connectivity index (χ1n) is 5.92. The minimum atomic E-state index is -0.449. The van der Waals surface area contributed by atoms with Gasteiger partial charge in [-0.15, -0.1) is 11.6 Å². The van der Waals surface area contributed by atoms with Crippen molar-refractivity contribution in [2.45, 2.75) is 19.4 Å². The van der Waals surface area contributed by atoms with Gasteiger partial charge in [0.15, 0.2) is 0 Å². The van der Waals surface area contributed by atoms with Gasteiger partial charge < -0.3 is 10.1 Å². The molecule has 0 aliphatic rings. The molecule has 0 saturated carbocycles. The zero-order valence-electron chi connectivity index (χ0n) is 10.5. The molecular weight excluding hydrogens is 250 g/mol. The molecule has 0 aliphatic carbocycles. The lowest BCUT2D eigenvalue weighted by Gasteiger charge is -2.19. The molecule has 0 heterocycles. The summed E-state index contributed by atoms with van der Waals surface area (Å²) in [7, 11) is 0. The monoisotopic (exact) mass is 267 g/mol. The number of benzene rings is 1. The average Bonchev–Trinajstić information content (AvgIpc) is 2.39. The topological polar surface area (TPSA) is 38.3 Å². The van der Waals surface area contributed by atoms with Crippen LogP contribution in [0.2, 0.25) is 0 Å². The van der Waals surface area contributed by atoms with Crippen molar-refractivity contribution in [3.05, 3.63) is 42.5 Å². The van der Waals surface area contributed by atoms with Crippen LogP contribution in [-0.4, -0.2) is 24.5 Å². The van der Waals surface area contributed by atoms with E-state index in [9.17, 15) is 4.79 Å². The van der Waals surface area contributed by atoms with Crippen LogP contribution < -0.4 is 5.32 Å². The number of carbonyl (C=O) groups is 1. The van der Waals surface area contributed by atoms with E-state index in [0.717, 1.165) is 5.56 Å². The highest BCUT2D eigenvalue weighted by molar-refractivity contribution is 6.18. The Bertz CT molecular complexity index is 392. The van der Waals surface area contributed by atoms with Crippen LogP contribution in [0, 0.1) is 0 Å². The van der Waals surface area contributed by atoms with Crippen LogP contribution in [-0.2, 0) is 9.53 Å². The third-order valence-corrected chi connectivity index (χ3v) is 2.66. The summed E-state index contributed by atoms with van der Waals surface area (Å²) < 4.78 is 4.99. The van der Waals surface area contributed by atoms with E-state index >= 15 is 0 Å². The fourth-order valence-corrected chi connectivity index (χ4v) is 1.75. The third-order valence-electron chi connectivity index (χ3n) is 2.44. The number of rotatable bonds is 7. The predicted octanol–water partition coefficient (Wildman–Crippen LogP) is 2.81. The Morgan fingerprint density at radius 3 is 2.67 bits per heavy atom. The van der Waals surface area contributed by atoms with Crippen molar-refractivity contribution in [2.75, 3.05) is 12.5 Å².